The van der Waals surface area contributed by atoms with E-state index in [0.717, 1.165) is 16.8 Å². The molecule has 1 unspecified atom stereocenters. The van der Waals surface area contributed by atoms with E-state index in [1.807, 2.05) is 6.07 Å². The topological polar surface area (TPSA) is 75.3 Å². The van der Waals surface area contributed by atoms with Gasteiger partial charge in [0.1, 0.15) is 0 Å². The number of benzene rings is 1. The van der Waals surface area contributed by atoms with Crippen LogP contribution in [-0.2, 0) is 21.1 Å². The summed E-state index contributed by atoms with van der Waals surface area (Å²) in [6.45, 7) is 0.965. The van der Waals surface area contributed by atoms with Gasteiger partial charge in [0.2, 0.25) is 5.91 Å². The number of amides is 1. The Morgan fingerprint density at radius 1 is 1.28 bits per heavy atom. The molecule has 1 atom stereocenters. The first-order chi connectivity index (χ1) is 8.56. The summed E-state index contributed by atoms with van der Waals surface area (Å²) in [5.41, 5.74) is 2.46. The van der Waals surface area contributed by atoms with Crippen LogP contribution >= 0.6 is 0 Å². The molecule has 2 N–H and O–H groups in total. The molecule has 96 valence electrons. The molecule has 1 saturated heterocycles. The zero-order valence-corrected chi connectivity index (χ0v) is 10.6. The van der Waals surface area contributed by atoms with Gasteiger partial charge in [-0.25, -0.2) is 8.42 Å². The molecule has 1 aromatic carbocycles. The summed E-state index contributed by atoms with van der Waals surface area (Å²) in [4.78, 5) is 11.3. The van der Waals surface area contributed by atoms with Gasteiger partial charge in [0.15, 0.2) is 9.84 Å². The fourth-order valence-electron chi connectivity index (χ4n) is 2.49. The Morgan fingerprint density at radius 3 is 2.89 bits per heavy atom. The first-order valence-electron chi connectivity index (χ1n) is 5.91. The van der Waals surface area contributed by atoms with Gasteiger partial charge in [-0.3, -0.25) is 4.79 Å². The van der Waals surface area contributed by atoms with E-state index < -0.39 is 15.1 Å². The van der Waals surface area contributed by atoms with E-state index in [1.165, 1.54) is 0 Å². The van der Waals surface area contributed by atoms with Crippen molar-refractivity contribution in [2.45, 2.75) is 11.7 Å². The van der Waals surface area contributed by atoms with E-state index in [1.54, 1.807) is 12.1 Å². The Hall–Kier alpha value is -1.40. The smallest absolute Gasteiger partial charge is 0.228 e. The molecule has 0 spiro atoms. The number of anilines is 1. The first-order valence-corrected chi connectivity index (χ1v) is 7.63. The third-order valence-corrected chi connectivity index (χ3v) is 5.53. The SMILES string of the molecule is O=C1Cc2cc(C3CNCCS3(=O)=O)ccc2N1. The standard InChI is InChI=1S/C12H14N2O3S/c15-12-6-9-5-8(1-2-10(9)14-12)11-7-13-3-4-18(11,16)17/h1-2,5,11,13H,3-4,6-7H2,(H,14,15). The molecule has 0 radical (unpaired) electrons. The van der Waals surface area contributed by atoms with Crippen LogP contribution in [0.4, 0.5) is 5.69 Å². The van der Waals surface area contributed by atoms with Gasteiger partial charge in [-0.2, -0.15) is 0 Å². The number of carbonyl (C=O) groups is 1. The number of fused-ring (bicyclic) bond motifs is 1. The minimum absolute atomic E-state index is 0.0354. The zero-order chi connectivity index (χ0) is 12.8. The monoisotopic (exact) mass is 266 g/mol. The number of hydrogen-bond acceptors (Lipinski definition) is 4. The average molecular weight is 266 g/mol. The van der Waals surface area contributed by atoms with Gasteiger partial charge in [0, 0.05) is 18.8 Å². The fourth-order valence-corrected chi connectivity index (χ4v) is 4.14. The lowest BCUT2D eigenvalue weighted by Gasteiger charge is -2.23. The van der Waals surface area contributed by atoms with E-state index in [-0.39, 0.29) is 11.7 Å². The summed E-state index contributed by atoms with van der Waals surface area (Å²) in [5, 5.41) is 5.35. The summed E-state index contributed by atoms with van der Waals surface area (Å²) in [6.07, 6.45) is 0.337. The third-order valence-electron chi connectivity index (χ3n) is 3.45. The van der Waals surface area contributed by atoms with Crippen molar-refractivity contribution in [1.29, 1.82) is 0 Å². The molecule has 0 aliphatic carbocycles. The normalized spacial score (nSPS) is 25.6. The summed E-state index contributed by atoms with van der Waals surface area (Å²) in [6, 6.07) is 5.42. The maximum absolute atomic E-state index is 12.0. The van der Waals surface area contributed by atoms with Crippen molar-refractivity contribution in [3.05, 3.63) is 29.3 Å². The molecule has 5 nitrogen and oxygen atoms in total. The number of hydrogen-bond donors (Lipinski definition) is 2. The van der Waals surface area contributed by atoms with E-state index in [0.29, 0.717) is 19.5 Å². The van der Waals surface area contributed by atoms with Crippen LogP contribution in [0.2, 0.25) is 0 Å². The molecular weight excluding hydrogens is 252 g/mol. The van der Waals surface area contributed by atoms with Gasteiger partial charge in [-0.15, -0.1) is 0 Å². The number of nitrogens with one attached hydrogen (secondary N) is 2. The molecule has 2 heterocycles. The molecule has 2 aliphatic heterocycles. The van der Waals surface area contributed by atoms with Crippen LogP contribution in [0.1, 0.15) is 16.4 Å². The highest BCUT2D eigenvalue weighted by Gasteiger charge is 2.31. The van der Waals surface area contributed by atoms with E-state index >= 15 is 0 Å². The summed E-state index contributed by atoms with van der Waals surface area (Å²) >= 11 is 0. The summed E-state index contributed by atoms with van der Waals surface area (Å²) in [7, 11) is -3.08. The quantitative estimate of drug-likeness (QED) is 0.763. The molecule has 2 aliphatic rings. The van der Waals surface area contributed by atoms with Gasteiger partial charge in [0.05, 0.1) is 17.4 Å². The minimum atomic E-state index is -3.08. The van der Waals surface area contributed by atoms with Crippen LogP contribution in [0.25, 0.3) is 0 Å². The second-order valence-electron chi connectivity index (χ2n) is 4.70. The molecule has 0 aromatic heterocycles. The minimum Gasteiger partial charge on any atom is -0.326 e. The molecule has 3 rings (SSSR count). The van der Waals surface area contributed by atoms with Crippen molar-refractivity contribution in [3.8, 4) is 0 Å². The van der Waals surface area contributed by atoms with Gasteiger partial charge in [-0.05, 0) is 17.2 Å². The molecule has 0 bridgehead atoms. The summed E-state index contributed by atoms with van der Waals surface area (Å²) in [5.74, 6) is 0.137. The molecular formula is C12H14N2O3S. The van der Waals surface area contributed by atoms with E-state index in [2.05, 4.69) is 10.6 Å². The molecule has 1 fully saturated rings. The van der Waals surface area contributed by atoms with Crippen molar-refractivity contribution in [2.75, 3.05) is 24.2 Å². The van der Waals surface area contributed by atoms with E-state index in [4.69, 9.17) is 0 Å². The van der Waals surface area contributed by atoms with Gasteiger partial charge in [-0.1, -0.05) is 12.1 Å². The maximum Gasteiger partial charge on any atom is 0.228 e. The van der Waals surface area contributed by atoms with Crippen LogP contribution in [0, 0.1) is 0 Å². The van der Waals surface area contributed by atoms with Crippen LogP contribution in [0.3, 0.4) is 0 Å². The highest BCUT2D eigenvalue weighted by molar-refractivity contribution is 7.91. The summed E-state index contributed by atoms with van der Waals surface area (Å²) < 4.78 is 24.0. The molecule has 18 heavy (non-hydrogen) atoms. The molecule has 1 amide bonds. The fraction of sp³-hybridized carbons (Fsp3) is 0.417. The molecule has 1 aromatic rings. The highest BCUT2D eigenvalue weighted by Crippen LogP contribution is 2.30. The van der Waals surface area contributed by atoms with Gasteiger partial charge < -0.3 is 10.6 Å². The van der Waals surface area contributed by atoms with Crippen LogP contribution in [0.15, 0.2) is 18.2 Å². The first kappa shape index (κ1) is 11.7. The zero-order valence-electron chi connectivity index (χ0n) is 9.77. The van der Waals surface area contributed by atoms with Crippen molar-refractivity contribution in [3.63, 3.8) is 0 Å². The second-order valence-corrected chi connectivity index (χ2v) is 7.00. The lowest BCUT2D eigenvalue weighted by atomic mass is 10.1. The Bertz CT molecular complexity index is 610. The number of sulfone groups is 1. The lowest BCUT2D eigenvalue weighted by Crippen LogP contribution is -2.38. The molecule has 0 saturated carbocycles. The number of carbonyl (C=O) groups excluding carboxylic acids is 1. The molecule has 6 heteroatoms. The Morgan fingerprint density at radius 2 is 2.11 bits per heavy atom. The Labute approximate surface area is 105 Å². The van der Waals surface area contributed by atoms with Crippen molar-refractivity contribution >= 4 is 21.4 Å². The van der Waals surface area contributed by atoms with Crippen molar-refractivity contribution < 1.29 is 13.2 Å². The third kappa shape index (κ3) is 1.91. The predicted octanol–water partition coefficient (Wildman–Crippen LogP) is 0.240. The van der Waals surface area contributed by atoms with Crippen molar-refractivity contribution in [1.82, 2.24) is 5.32 Å². The van der Waals surface area contributed by atoms with Crippen LogP contribution < -0.4 is 10.6 Å². The largest absolute Gasteiger partial charge is 0.326 e. The predicted molar refractivity (Wildman–Crippen MR) is 68.2 cm³/mol. The van der Waals surface area contributed by atoms with Gasteiger partial charge >= 0.3 is 0 Å². The maximum atomic E-state index is 12.0. The Balaban J connectivity index is 1.98. The van der Waals surface area contributed by atoms with E-state index in [9.17, 15) is 13.2 Å². The second kappa shape index (κ2) is 4.07. The van der Waals surface area contributed by atoms with Gasteiger partial charge in [0.25, 0.3) is 0 Å². The lowest BCUT2D eigenvalue weighted by molar-refractivity contribution is -0.115. The van der Waals surface area contributed by atoms with Crippen LogP contribution in [-0.4, -0.2) is 33.2 Å². The average Bonchev–Trinajstić information content (AvgIpc) is 2.67. The highest BCUT2D eigenvalue weighted by atomic mass is 32.2. The number of rotatable bonds is 1. The Kier molecular flexibility index (Phi) is 2.64. The van der Waals surface area contributed by atoms with Crippen LogP contribution in [0.5, 0.6) is 0 Å². The van der Waals surface area contributed by atoms with Crippen molar-refractivity contribution in [2.24, 2.45) is 0 Å².